The van der Waals surface area contributed by atoms with E-state index < -0.39 is 0 Å². The molecule has 1 aromatic carbocycles. The molecule has 1 aliphatic carbocycles. The highest BCUT2D eigenvalue weighted by molar-refractivity contribution is 5.99. The zero-order valence-electron chi connectivity index (χ0n) is 10.7. The second-order valence-corrected chi connectivity index (χ2v) is 5.26. The molecule has 1 aliphatic heterocycles. The van der Waals surface area contributed by atoms with Gasteiger partial charge in [-0.3, -0.25) is 9.59 Å². The Morgan fingerprint density at radius 3 is 2.74 bits per heavy atom. The summed E-state index contributed by atoms with van der Waals surface area (Å²) in [5.41, 5.74) is 7.65. The second-order valence-electron chi connectivity index (χ2n) is 5.26. The molecule has 19 heavy (non-hydrogen) atoms. The number of rotatable bonds is 3. The van der Waals surface area contributed by atoms with Crippen molar-refractivity contribution in [2.45, 2.75) is 18.3 Å². The van der Waals surface area contributed by atoms with Crippen LogP contribution in [-0.4, -0.2) is 31.4 Å². The summed E-state index contributed by atoms with van der Waals surface area (Å²) in [6, 6.07) is 8.04. The molecule has 0 aromatic heterocycles. The number of amides is 2. The van der Waals surface area contributed by atoms with E-state index in [1.807, 2.05) is 18.2 Å². The zero-order chi connectivity index (χ0) is 13.5. The van der Waals surface area contributed by atoms with Crippen LogP contribution in [0.1, 0.15) is 18.4 Å². The lowest BCUT2D eigenvalue weighted by molar-refractivity contribution is -0.124. The standard InChI is InChI=1S/C14H17N3O2/c15-7-12(18)16-8-13(19)17-9-14(5-6-14)10-3-1-2-4-11(10)17/h1-4H,5-9,15H2,(H,16,18). The van der Waals surface area contributed by atoms with Crippen LogP contribution in [0.25, 0.3) is 0 Å². The van der Waals surface area contributed by atoms with E-state index in [0.717, 1.165) is 25.1 Å². The summed E-state index contributed by atoms with van der Waals surface area (Å²) in [5, 5.41) is 2.53. The van der Waals surface area contributed by atoms with Crippen LogP contribution in [0, 0.1) is 0 Å². The molecule has 1 aromatic rings. The molecule has 1 heterocycles. The predicted octanol–water partition coefficient (Wildman–Crippen LogP) is 0.140. The number of benzene rings is 1. The SMILES string of the molecule is NCC(=O)NCC(=O)N1CC2(CC2)c2ccccc21. The van der Waals surface area contributed by atoms with Gasteiger partial charge < -0.3 is 16.0 Å². The molecule has 3 N–H and O–H groups in total. The van der Waals surface area contributed by atoms with Crippen LogP contribution < -0.4 is 16.0 Å². The summed E-state index contributed by atoms with van der Waals surface area (Å²) >= 11 is 0. The highest BCUT2D eigenvalue weighted by Crippen LogP contribution is 2.56. The van der Waals surface area contributed by atoms with Gasteiger partial charge >= 0.3 is 0 Å². The summed E-state index contributed by atoms with van der Waals surface area (Å²) in [6.07, 6.45) is 2.28. The van der Waals surface area contributed by atoms with E-state index in [1.165, 1.54) is 5.56 Å². The molecule has 0 atom stereocenters. The number of nitrogens with one attached hydrogen (secondary N) is 1. The fourth-order valence-corrected chi connectivity index (χ4v) is 2.77. The number of hydrogen-bond acceptors (Lipinski definition) is 3. The van der Waals surface area contributed by atoms with E-state index in [0.29, 0.717) is 0 Å². The third-order valence-electron chi connectivity index (χ3n) is 4.00. The maximum atomic E-state index is 12.2. The lowest BCUT2D eigenvalue weighted by Gasteiger charge is -2.18. The van der Waals surface area contributed by atoms with E-state index in [4.69, 9.17) is 5.73 Å². The number of carbonyl (C=O) groups excluding carboxylic acids is 2. The molecule has 5 heteroatoms. The number of carbonyl (C=O) groups is 2. The first kappa shape index (κ1) is 12.2. The lowest BCUT2D eigenvalue weighted by Crippen LogP contribution is -2.42. The van der Waals surface area contributed by atoms with Crippen molar-refractivity contribution in [3.05, 3.63) is 29.8 Å². The average Bonchev–Trinajstić information content (AvgIpc) is 3.14. The van der Waals surface area contributed by atoms with Gasteiger partial charge in [-0.25, -0.2) is 0 Å². The van der Waals surface area contributed by atoms with Crippen LogP contribution in [0.2, 0.25) is 0 Å². The highest BCUT2D eigenvalue weighted by atomic mass is 16.2. The van der Waals surface area contributed by atoms with Gasteiger partial charge in [0.2, 0.25) is 11.8 Å². The Bertz CT molecular complexity index is 537. The number of nitrogens with two attached hydrogens (primary N) is 1. The normalized spacial score (nSPS) is 18.3. The number of hydrogen-bond donors (Lipinski definition) is 2. The first-order valence-electron chi connectivity index (χ1n) is 6.53. The average molecular weight is 259 g/mol. The molecule has 0 saturated heterocycles. The number of nitrogens with zero attached hydrogens (tertiary/aromatic N) is 1. The van der Waals surface area contributed by atoms with Crippen LogP contribution in [-0.2, 0) is 15.0 Å². The summed E-state index contributed by atoms with van der Waals surface area (Å²) in [6.45, 7) is 0.665. The Labute approximate surface area is 111 Å². The second kappa shape index (κ2) is 4.35. The van der Waals surface area contributed by atoms with Gasteiger partial charge in [-0.1, -0.05) is 18.2 Å². The van der Waals surface area contributed by atoms with Gasteiger partial charge in [0.25, 0.3) is 0 Å². The van der Waals surface area contributed by atoms with Crippen molar-refractivity contribution in [3.8, 4) is 0 Å². The minimum atomic E-state index is -0.304. The van der Waals surface area contributed by atoms with E-state index in [1.54, 1.807) is 4.90 Å². The fraction of sp³-hybridized carbons (Fsp3) is 0.429. The molecule has 2 amide bonds. The molecule has 2 aliphatic rings. The van der Waals surface area contributed by atoms with Gasteiger partial charge in [0.15, 0.2) is 0 Å². The smallest absolute Gasteiger partial charge is 0.246 e. The molecule has 3 rings (SSSR count). The Kier molecular flexibility index (Phi) is 2.78. The van der Waals surface area contributed by atoms with Crippen molar-refractivity contribution in [2.24, 2.45) is 5.73 Å². The third kappa shape index (κ3) is 2.00. The fourth-order valence-electron chi connectivity index (χ4n) is 2.77. The van der Waals surface area contributed by atoms with Gasteiger partial charge in [0.1, 0.15) is 0 Å². The summed E-state index contributed by atoms with van der Waals surface area (Å²) in [7, 11) is 0. The Morgan fingerprint density at radius 2 is 2.05 bits per heavy atom. The first-order valence-corrected chi connectivity index (χ1v) is 6.53. The van der Waals surface area contributed by atoms with Crippen LogP contribution in [0.4, 0.5) is 5.69 Å². The van der Waals surface area contributed by atoms with Gasteiger partial charge in [-0.05, 0) is 24.5 Å². The van der Waals surface area contributed by atoms with E-state index in [2.05, 4.69) is 11.4 Å². The van der Waals surface area contributed by atoms with Crippen LogP contribution >= 0.6 is 0 Å². The Hall–Kier alpha value is -1.88. The monoisotopic (exact) mass is 259 g/mol. The highest BCUT2D eigenvalue weighted by Gasteiger charge is 2.52. The van der Waals surface area contributed by atoms with Crippen molar-refractivity contribution in [1.29, 1.82) is 0 Å². The lowest BCUT2D eigenvalue weighted by atomic mass is 9.99. The summed E-state index contributed by atoms with van der Waals surface area (Å²) in [4.78, 5) is 25.1. The molecular formula is C14H17N3O2. The Morgan fingerprint density at radius 1 is 1.32 bits per heavy atom. The van der Waals surface area contributed by atoms with Crippen molar-refractivity contribution in [2.75, 3.05) is 24.5 Å². The first-order chi connectivity index (χ1) is 9.16. The van der Waals surface area contributed by atoms with Gasteiger partial charge in [-0.2, -0.15) is 0 Å². The molecule has 1 saturated carbocycles. The maximum absolute atomic E-state index is 12.2. The van der Waals surface area contributed by atoms with Crippen LogP contribution in [0.5, 0.6) is 0 Å². The third-order valence-corrected chi connectivity index (χ3v) is 4.00. The predicted molar refractivity (Wildman–Crippen MR) is 71.8 cm³/mol. The molecule has 1 fully saturated rings. The van der Waals surface area contributed by atoms with Crippen molar-refractivity contribution < 1.29 is 9.59 Å². The quantitative estimate of drug-likeness (QED) is 0.810. The minimum Gasteiger partial charge on any atom is -0.346 e. The van der Waals surface area contributed by atoms with E-state index >= 15 is 0 Å². The van der Waals surface area contributed by atoms with Gasteiger partial charge in [-0.15, -0.1) is 0 Å². The summed E-state index contributed by atoms with van der Waals surface area (Å²) < 4.78 is 0. The van der Waals surface area contributed by atoms with Crippen LogP contribution in [0.3, 0.4) is 0 Å². The minimum absolute atomic E-state index is 0.0143. The Balaban J connectivity index is 1.76. The summed E-state index contributed by atoms with van der Waals surface area (Å²) in [5.74, 6) is -0.375. The zero-order valence-corrected chi connectivity index (χ0v) is 10.7. The molecule has 5 nitrogen and oxygen atoms in total. The van der Waals surface area contributed by atoms with E-state index in [-0.39, 0.29) is 30.3 Å². The topological polar surface area (TPSA) is 75.4 Å². The van der Waals surface area contributed by atoms with Crippen molar-refractivity contribution in [3.63, 3.8) is 0 Å². The molecular weight excluding hydrogens is 242 g/mol. The molecule has 0 radical (unpaired) electrons. The van der Waals surface area contributed by atoms with Crippen molar-refractivity contribution in [1.82, 2.24) is 5.32 Å². The number of anilines is 1. The molecule has 100 valence electrons. The van der Waals surface area contributed by atoms with Crippen molar-refractivity contribution >= 4 is 17.5 Å². The maximum Gasteiger partial charge on any atom is 0.246 e. The molecule has 0 bridgehead atoms. The largest absolute Gasteiger partial charge is 0.346 e. The van der Waals surface area contributed by atoms with E-state index in [9.17, 15) is 9.59 Å². The number of fused-ring (bicyclic) bond motifs is 2. The molecule has 0 unspecified atom stereocenters. The van der Waals surface area contributed by atoms with Gasteiger partial charge in [0.05, 0.1) is 13.1 Å². The number of para-hydroxylation sites is 1. The van der Waals surface area contributed by atoms with Gasteiger partial charge in [0, 0.05) is 17.6 Å². The van der Waals surface area contributed by atoms with Crippen LogP contribution in [0.15, 0.2) is 24.3 Å². The molecule has 1 spiro atoms.